The standard InChI is InChI=1S/C24H25N3O2S/c1-25-23(29)24(15-18-7-9-19(10-8-18)21-6-3-14-30-21)11-4-13-27(17-24)22(28)20-5-2-12-26-16-20/h2-3,5-10,12,14,16H,4,11,13,15,17H2,1H3,(H,25,29)/t24-/m0/s1. The molecule has 5 nitrogen and oxygen atoms in total. The number of pyridine rings is 1. The van der Waals surface area contributed by atoms with Gasteiger partial charge >= 0.3 is 0 Å². The van der Waals surface area contributed by atoms with Gasteiger partial charge in [0.1, 0.15) is 0 Å². The zero-order chi connectivity index (χ0) is 21.0. The van der Waals surface area contributed by atoms with Gasteiger partial charge in [-0.1, -0.05) is 30.3 Å². The summed E-state index contributed by atoms with van der Waals surface area (Å²) < 4.78 is 0. The van der Waals surface area contributed by atoms with Crippen LogP contribution in [-0.2, 0) is 11.2 Å². The Hall–Kier alpha value is -2.99. The highest BCUT2D eigenvalue weighted by Gasteiger charge is 2.43. The van der Waals surface area contributed by atoms with Gasteiger partial charge in [-0.15, -0.1) is 11.3 Å². The van der Waals surface area contributed by atoms with Crippen LogP contribution in [-0.4, -0.2) is 41.8 Å². The number of hydrogen-bond acceptors (Lipinski definition) is 4. The molecule has 2 amide bonds. The number of rotatable bonds is 5. The molecule has 2 aromatic heterocycles. The van der Waals surface area contributed by atoms with Crippen molar-refractivity contribution in [2.24, 2.45) is 5.41 Å². The second-order valence-corrected chi connectivity index (χ2v) is 8.73. The van der Waals surface area contributed by atoms with E-state index in [0.29, 0.717) is 25.1 Å². The molecule has 0 radical (unpaired) electrons. The number of hydrogen-bond donors (Lipinski definition) is 1. The predicted molar refractivity (Wildman–Crippen MR) is 119 cm³/mol. The van der Waals surface area contributed by atoms with E-state index in [-0.39, 0.29) is 11.8 Å². The van der Waals surface area contributed by atoms with E-state index >= 15 is 0 Å². The van der Waals surface area contributed by atoms with Gasteiger partial charge in [-0.2, -0.15) is 0 Å². The smallest absolute Gasteiger partial charge is 0.255 e. The van der Waals surface area contributed by atoms with Crippen LogP contribution in [0.5, 0.6) is 0 Å². The third kappa shape index (κ3) is 4.14. The maximum absolute atomic E-state index is 13.0. The summed E-state index contributed by atoms with van der Waals surface area (Å²) in [5.41, 5.74) is 2.22. The molecule has 6 heteroatoms. The van der Waals surface area contributed by atoms with Gasteiger partial charge in [0.25, 0.3) is 5.91 Å². The van der Waals surface area contributed by atoms with Crippen LogP contribution in [0.2, 0.25) is 0 Å². The van der Waals surface area contributed by atoms with Crippen molar-refractivity contribution in [3.63, 3.8) is 0 Å². The number of nitrogens with zero attached hydrogens (tertiary/aromatic N) is 2. The zero-order valence-corrected chi connectivity index (χ0v) is 17.8. The molecule has 1 aromatic carbocycles. The van der Waals surface area contributed by atoms with Gasteiger partial charge in [-0.05, 0) is 54.0 Å². The first-order chi connectivity index (χ1) is 14.6. The van der Waals surface area contributed by atoms with Crippen molar-refractivity contribution in [2.75, 3.05) is 20.1 Å². The molecule has 3 aromatic rings. The van der Waals surface area contributed by atoms with Crippen LogP contribution in [0.15, 0.2) is 66.3 Å². The summed E-state index contributed by atoms with van der Waals surface area (Å²) in [6, 6.07) is 16.1. The quantitative estimate of drug-likeness (QED) is 0.679. The van der Waals surface area contributed by atoms with E-state index in [1.165, 1.54) is 10.4 Å². The largest absolute Gasteiger partial charge is 0.359 e. The average Bonchev–Trinajstić information content (AvgIpc) is 3.34. The second kappa shape index (κ2) is 8.79. The summed E-state index contributed by atoms with van der Waals surface area (Å²) in [7, 11) is 1.67. The number of nitrogens with one attached hydrogen (secondary N) is 1. The number of carbonyl (C=O) groups excluding carboxylic acids is 2. The van der Waals surface area contributed by atoms with E-state index in [1.807, 2.05) is 6.07 Å². The minimum Gasteiger partial charge on any atom is -0.359 e. The molecule has 0 bridgehead atoms. The Bertz CT molecular complexity index is 1000. The van der Waals surface area contributed by atoms with E-state index in [1.54, 1.807) is 47.8 Å². The highest BCUT2D eigenvalue weighted by Crippen LogP contribution is 2.35. The molecule has 1 N–H and O–H groups in total. The third-order valence-electron chi connectivity index (χ3n) is 5.78. The van der Waals surface area contributed by atoms with Crippen LogP contribution < -0.4 is 5.32 Å². The average molecular weight is 420 g/mol. The van der Waals surface area contributed by atoms with Crippen molar-refractivity contribution >= 4 is 23.2 Å². The van der Waals surface area contributed by atoms with Gasteiger partial charge in [0, 0.05) is 37.4 Å². The van der Waals surface area contributed by atoms with Gasteiger partial charge in [0.05, 0.1) is 11.0 Å². The predicted octanol–water partition coefficient (Wildman–Crippen LogP) is 4.02. The van der Waals surface area contributed by atoms with E-state index < -0.39 is 5.41 Å². The Morgan fingerprint density at radius 1 is 1.17 bits per heavy atom. The lowest BCUT2D eigenvalue weighted by atomic mass is 9.74. The Morgan fingerprint density at radius 3 is 2.67 bits per heavy atom. The summed E-state index contributed by atoms with van der Waals surface area (Å²) in [6.45, 7) is 1.07. The Labute approximate surface area is 180 Å². The summed E-state index contributed by atoms with van der Waals surface area (Å²) in [4.78, 5) is 33.1. The molecule has 1 fully saturated rings. The van der Waals surface area contributed by atoms with Crippen LogP contribution >= 0.6 is 11.3 Å². The fourth-order valence-corrected chi connectivity index (χ4v) is 5.01. The first kappa shape index (κ1) is 20.3. The Morgan fingerprint density at radius 2 is 2.00 bits per heavy atom. The van der Waals surface area contributed by atoms with Crippen molar-refractivity contribution in [1.29, 1.82) is 0 Å². The molecular formula is C24H25N3O2S. The molecule has 0 spiro atoms. The summed E-state index contributed by atoms with van der Waals surface area (Å²) in [5, 5.41) is 4.91. The van der Waals surface area contributed by atoms with E-state index in [9.17, 15) is 9.59 Å². The summed E-state index contributed by atoms with van der Waals surface area (Å²) in [5.74, 6) is -0.0716. The van der Waals surface area contributed by atoms with Crippen LogP contribution in [0.25, 0.3) is 10.4 Å². The number of amides is 2. The minimum absolute atomic E-state index is 0.00600. The lowest BCUT2D eigenvalue weighted by Gasteiger charge is -2.41. The van der Waals surface area contributed by atoms with Crippen molar-refractivity contribution in [3.05, 3.63) is 77.4 Å². The molecule has 0 aliphatic carbocycles. The number of benzene rings is 1. The molecule has 30 heavy (non-hydrogen) atoms. The fourth-order valence-electron chi connectivity index (χ4n) is 4.27. The minimum atomic E-state index is -0.630. The lowest BCUT2D eigenvalue weighted by molar-refractivity contribution is -0.133. The van der Waals surface area contributed by atoms with Gasteiger partial charge in [-0.3, -0.25) is 14.6 Å². The lowest BCUT2D eigenvalue weighted by Crippen LogP contribution is -2.54. The van der Waals surface area contributed by atoms with Crippen molar-refractivity contribution in [1.82, 2.24) is 15.2 Å². The molecule has 0 unspecified atom stereocenters. The monoisotopic (exact) mass is 419 g/mol. The molecule has 1 aliphatic rings. The molecule has 1 atom stereocenters. The normalized spacial score (nSPS) is 18.8. The molecule has 3 heterocycles. The fraction of sp³-hybridized carbons (Fsp3) is 0.292. The highest BCUT2D eigenvalue weighted by atomic mass is 32.1. The highest BCUT2D eigenvalue weighted by molar-refractivity contribution is 7.13. The Kier molecular flexibility index (Phi) is 5.95. The Balaban J connectivity index is 1.56. The van der Waals surface area contributed by atoms with E-state index in [4.69, 9.17) is 0 Å². The molecule has 0 saturated carbocycles. The molecule has 154 valence electrons. The maximum Gasteiger partial charge on any atom is 0.255 e. The summed E-state index contributed by atoms with van der Waals surface area (Å²) in [6.07, 6.45) is 5.40. The second-order valence-electron chi connectivity index (χ2n) is 7.78. The maximum atomic E-state index is 13.0. The first-order valence-corrected chi connectivity index (χ1v) is 11.0. The van der Waals surface area contributed by atoms with Gasteiger partial charge in [0.15, 0.2) is 0 Å². The van der Waals surface area contributed by atoms with Crippen LogP contribution in [0.3, 0.4) is 0 Å². The van der Waals surface area contributed by atoms with E-state index in [0.717, 1.165) is 18.4 Å². The van der Waals surface area contributed by atoms with Crippen LogP contribution in [0.4, 0.5) is 0 Å². The molecule has 1 aliphatic heterocycles. The van der Waals surface area contributed by atoms with Gasteiger partial charge < -0.3 is 10.2 Å². The van der Waals surface area contributed by atoms with Gasteiger partial charge in [0.2, 0.25) is 5.91 Å². The number of likely N-dealkylation sites (tertiary alicyclic amines) is 1. The third-order valence-corrected chi connectivity index (χ3v) is 6.70. The van der Waals surface area contributed by atoms with Gasteiger partial charge in [-0.25, -0.2) is 0 Å². The number of thiophene rings is 1. The van der Waals surface area contributed by atoms with E-state index in [2.05, 4.69) is 46.0 Å². The van der Waals surface area contributed by atoms with Crippen molar-refractivity contribution in [3.8, 4) is 10.4 Å². The van der Waals surface area contributed by atoms with Crippen molar-refractivity contribution in [2.45, 2.75) is 19.3 Å². The topological polar surface area (TPSA) is 62.3 Å². The molecular weight excluding hydrogens is 394 g/mol. The molecule has 1 saturated heterocycles. The van der Waals surface area contributed by atoms with Crippen molar-refractivity contribution < 1.29 is 9.59 Å². The number of piperidine rings is 1. The first-order valence-electron chi connectivity index (χ1n) is 10.2. The molecule has 4 rings (SSSR count). The summed E-state index contributed by atoms with van der Waals surface area (Å²) >= 11 is 1.71. The van der Waals surface area contributed by atoms with Crippen LogP contribution in [0.1, 0.15) is 28.8 Å². The SMILES string of the molecule is CNC(=O)[C@]1(Cc2ccc(-c3cccs3)cc2)CCCN(C(=O)c2cccnc2)C1. The zero-order valence-electron chi connectivity index (χ0n) is 17.0. The van der Waals surface area contributed by atoms with Crippen LogP contribution in [0, 0.1) is 5.41 Å². The number of carbonyl (C=O) groups is 2. The number of aromatic nitrogens is 1.